The van der Waals surface area contributed by atoms with Crippen LogP contribution in [-0.2, 0) is 4.79 Å². The smallest absolute Gasteiger partial charge is 0.254 e. The highest BCUT2D eigenvalue weighted by Gasteiger charge is 2.13. The minimum atomic E-state index is -0.897. The Labute approximate surface area is 123 Å². The van der Waals surface area contributed by atoms with Crippen LogP contribution in [-0.4, -0.2) is 36.3 Å². The second-order valence-electron chi connectivity index (χ2n) is 4.55. The molecule has 0 aliphatic carbocycles. The molecule has 6 heteroatoms. The maximum Gasteiger partial charge on any atom is 0.254 e. The number of amides is 2. The molecule has 0 unspecified atom stereocenters. The molecule has 0 radical (unpaired) electrons. The number of benzene rings is 1. The average Bonchev–Trinajstić information content (AvgIpc) is 2.44. The van der Waals surface area contributed by atoms with Gasteiger partial charge in [0, 0.05) is 32.1 Å². The van der Waals surface area contributed by atoms with Crippen LogP contribution in [0.4, 0.5) is 8.78 Å². The van der Waals surface area contributed by atoms with Crippen molar-refractivity contribution in [1.82, 2.24) is 10.2 Å². The molecule has 21 heavy (non-hydrogen) atoms. The fourth-order valence-electron chi connectivity index (χ4n) is 1.94. The first-order chi connectivity index (χ1) is 9.99. The van der Waals surface area contributed by atoms with E-state index in [1.54, 1.807) is 4.90 Å². The van der Waals surface area contributed by atoms with Gasteiger partial charge >= 0.3 is 0 Å². The molecule has 0 heterocycles. The minimum Gasteiger partial charge on any atom is -0.352 e. The van der Waals surface area contributed by atoms with E-state index >= 15 is 0 Å². The SMILES string of the molecule is CCN(CC)C(=O)CCCNC(=O)c1ccc(F)cc1F. The molecule has 1 N–H and O–H groups in total. The first-order valence-corrected chi connectivity index (χ1v) is 7.00. The fraction of sp³-hybridized carbons (Fsp3) is 0.467. The van der Waals surface area contributed by atoms with Crippen molar-refractivity contribution in [2.75, 3.05) is 19.6 Å². The van der Waals surface area contributed by atoms with E-state index in [-0.39, 0.29) is 18.0 Å². The molecule has 0 atom stereocenters. The molecule has 1 aromatic rings. The van der Waals surface area contributed by atoms with E-state index in [4.69, 9.17) is 0 Å². The summed E-state index contributed by atoms with van der Waals surface area (Å²) in [6.45, 7) is 5.38. The molecule has 1 aromatic carbocycles. The van der Waals surface area contributed by atoms with Crippen LogP contribution in [0.3, 0.4) is 0 Å². The summed E-state index contributed by atoms with van der Waals surface area (Å²) in [5.41, 5.74) is -0.202. The van der Waals surface area contributed by atoms with Gasteiger partial charge in [0.1, 0.15) is 11.6 Å². The predicted octanol–water partition coefficient (Wildman–Crippen LogP) is 2.34. The van der Waals surface area contributed by atoms with Gasteiger partial charge in [0.15, 0.2) is 0 Å². The van der Waals surface area contributed by atoms with E-state index in [0.717, 1.165) is 12.1 Å². The molecule has 0 saturated heterocycles. The fourth-order valence-corrected chi connectivity index (χ4v) is 1.94. The average molecular weight is 298 g/mol. The van der Waals surface area contributed by atoms with Gasteiger partial charge in [-0.15, -0.1) is 0 Å². The van der Waals surface area contributed by atoms with Gasteiger partial charge in [0.25, 0.3) is 5.91 Å². The third kappa shape index (κ3) is 5.13. The van der Waals surface area contributed by atoms with E-state index < -0.39 is 17.5 Å². The summed E-state index contributed by atoms with van der Waals surface area (Å²) >= 11 is 0. The molecule has 116 valence electrons. The lowest BCUT2D eigenvalue weighted by molar-refractivity contribution is -0.130. The van der Waals surface area contributed by atoms with E-state index in [9.17, 15) is 18.4 Å². The first-order valence-electron chi connectivity index (χ1n) is 7.00. The van der Waals surface area contributed by atoms with Gasteiger partial charge < -0.3 is 10.2 Å². The lowest BCUT2D eigenvalue weighted by atomic mass is 10.2. The summed E-state index contributed by atoms with van der Waals surface area (Å²) in [5, 5.41) is 2.52. The van der Waals surface area contributed by atoms with Crippen molar-refractivity contribution in [2.45, 2.75) is 26.7 Å². The minimum absolute atomic E-state index is 0.0298. The van der Waals surface area contributed by atoms with Crippen molar-refractivity contribution >= 4 is 11.8 Å². The van der Waals surface area contributed by atoms with Crippen LogP contribution in [0.25, 0.3) is 0 Å². The van der Waals surface area contributed by atoms with Gasteiger partial charge in [0.05, 0.1) is 5.56 Å². The van der Waals surface area contributed by atoms with Crippen LogP contribution in [0, 0.1) is 11.6 Å². The van der Waals surface area contributed by atoms with Crippen molar-refractivity contribution in [3.8, 4) is 0 Å². The summed E-state index contributed by atoms with van der Waals surface area (Å²) in [6.07, 6.45) is 0.803. The number of carbonyl (C=O) groups excluding carboxylic acids is 2. The van der Waals surface area contributed by atoms with Crippen molar-refractivity contribution in [3.63, 3.8) is 0 Å². The normalized spacial score (nSPS) is 10.3. The molecule has 0 aromatic heterocycles. The number of hydrogen-bond donors (Lipinski definition) is 1. The molecule has 1 rings (SSSR count). The lowest BCUT2D eigenvalue weighted by Gasteiger charge is -2.18. The van der Waals surface area contributed by atoms with E-state index in [0.29, 0.717) is 32.0 Å². The molecular formula is C15H20F2N2O2. The Morgan fingerprint density at radius 1 is 1.19 bits per heavy atom. The highest BCUT2D eigenvalue weighted by molar-refractivity contribution is 5.94. The van der Waals surface area contributed by atoms with Gasteiger partial charge in [-0.05, 0) is 32.4 Å². The van der Waals surface area contributed by atoms with Crippen molar-refractivity contribution in [3.05, 3.63) is 35.4 Å². The number of nitrogens with zero attached hydrogens (tertiary/aromatic N) is 1. The Balaban J connectivity index is 2.39. The van der Waals surface area contributed by atoms with Crippen LogP contribution < -0.4 is 5.32 Å². The first kappa shape index (κ1) is 17.1. The molecule has 0 bridgehead atoms. The molecule has 4 nitrogen and oxygen atoms in total. The Morgan fingerprint density at radius 3 is 2.43 bits per heavy atom. The Kier molecular flexibility index (Phi) is 6.78. The van der Waals surface area contributed by atoms with Crippen LogP contribution >= 0.6 is 0 Å². The lowest BCUT2D eigenvalue weighted by Crippen LogP contribution is -2.31. The second kappa shape index (κ2) is 8.34. The van der Waals surface area contributed by atoms with Crippen molar-refractivity contribution < 1.29 is 18.4 Å². The number of carbonyl (C=O) groups is 2. The zero-order valence-corrected chi connectivity index (χ0v) is 12.3. The van der Waals surface area contributed by atoms with Crippen LogP contribution in [0.2, 0.25) is 0 Å². The molecular weight excluding hydrogens is 278 g/mol. The molecule has 0 fully saturated rings. The van der Waals surface area contributed by atoms with Crippen LogP contribution in [0.5, 0.6) is 0 Å². The predicted molar refractivity (Wildman–Crippen MR) is 75.9 cm³/mol. The largest absolute Gasteiger partial charge is 0.352 e. The summed E-state index contributed by atoms with van der Waals surface area (Å²) < 4.78 is 26.1. The number of halogens is 2. The van der Waals surface area contributed by atoms with Gasteiger partial charge in [0.2, 0.25) is 5.91 Å². The summed E-state index contributed by atoms with van der Waals surface area (Å²) in [6, 6.07) is 2.79. The summed E-state index contributed by atoms with van der Waals surface area (Å²) in [4.78, 5) is 25.1. The standard InChI is InChI=1S/C15H20F2N2O2/c1-3-19(4-2)14(20)6-5-9-18-15(21)12-8-7-11(16)10-13(12)17/h7-8,10H,3-6,9H2,1-2H3,(H,18,21). The Hall–Kier alpha value is -1.98. The molecule has 0 aliphatic rings. The quantitative estimate of drug-likeness (QED) is 0.786. The molecule has 0 saturated carbocycles. The number of nitrogens with one attached hydrogen (secondary N) is 1. The number of hydrogen-bond acceptors (Lipinski definition) is 2. The third-order valence-electron chi connectivity index (χ3n) is 3.14. The third-order valence-corrected chi connectivity index (χ3v) is 3.14. The highest BCUT2D eigenvalue weighted by Crippen LogP contribution is 2.09. The maximum atomic E-state index is 13.4. The topological polar surface area (TPSA) is 49.4 Å². The molecule has 2 amide bonds. The van der Waals surface area contributed by atoms with Crippen molar-refractivity contribution in [1.29, 1.82) is 0 Å². The Bertz CT molecular complexity index is 502. The van der Waals surface area contributed by atoms with E-state index in [2.05, 4.69) is 5.32 Å². The highest BCUT2D eigenvalue weighted by atomic mass is 19.1. The summed E-state index contributed by atoms with van der Waals surface area (Å²) in [7, 11) is 0. The van der Waals surface area contributed by atoms with Crippen molar-refractivity contribution in [2.24, 2.45) is 0 Å². The van der Waals surface area contributed by atoms with Gasteiger partial charge in [-0.2, -0.15) is 0 Å². The molecule has 0 spiro atoms. The van der Waals surface area contributed by atoms with E-state index in [1.807, 2.05) is 13.8 Å². The van der Waals surface area contributed by atoms with Crippen LogP contribution in [0.15, 0.2) is 18.2 Å². The Morgan fingerprint density at radius 2 is 1.86 bits per heavy atom. The van der Waals surface area contributed by atoms with Gasteiger partial charge in [-0.3, -0.25) is 9.59 Å². The van der Waals surface area contributed by atoms with Gasteiger partial charge in [-0.1, -0.05) is 0 Å². The zero-order chi connectivity index (χ0) is 15.8. The zero-order valence-electron chi connectivity index (χ0n) is 12.3. The monoisotopic (exact) mass is 298 g/mol. The van der Waals surface area contributed by atoms with Gasteiger partial charge in [-0.25, -0.2) is 8.78 Å². The maximum absolute atomic E-state index is 13.4. The van der Waals surface area contributed by atoms with E-state index in [1.165, 1.54) is 0 Å². The molecule has 0 aliphatic heterocycles. The van der Waals surface area contributed by atoms with Crippen LogP contribution in [0.1, 0.15) is 37.0 Å². The second-order valence-corrected chi connectivity index (χ2v) is 4.55. The number of rotatable bonds is 7. The summed E-state index contributed by atoms with van der Waals surface area (Å²) in [5.74, 6) is -2.20.